The molecule has 0 aromatic heterocycles. The Morgan fingerprint density at radius 2 is 1.74 bits per heavy atom. The molecule has 2 fully saturated rings. The van der Waals surface area contributed by atoms with Gasteiger partial charge in [-0.25, -0.2) is 0 Å². The van der Waals surface area contributed by atoms with Gasteiger partial charge in [0.05, 0.1) is 18.6 Å². The molecule has 4 rings (SSSR count). The van der Waals surface area contributed by atoms with Crippen molar-refractivity contribution < 1.29 is 9.47 Å². The number of methoxy groups -OCH3 is 1. The van der Waals surface area contributed by atoms with Crippen LogP contribution in [0.5, 0.6) is 11.5 Å². The van der Waals surface area contributed by atoms with Gasteiger partial charge in [-0.2, -0.15) is 0 Å². The van der Waals surface area contributed by atoms with E-state index in [0.717, 1.165) is 42.7 Å². The molecule has 0 amide bonds. The van der Waals surface area contributed by atoms with E-state index in [2.05, 4.69) is 24.0 Å². The first-order valence-corrected chi connectivity index (χ1v) is 9.87. The van der Waals surface area contributed by atoms with Gasteiger partial charge in [0.15, 0.2) is 11.5 Å². The monoisotopic (exact) mass is 361 g/mol. The van der Waals surface area contributed by atoms with Gasteiger partial charge in [-0.15, -0.1) is 0 Å². The second kappa shape index (κ2) is 7.66. The molecule has 3 heteroatoms. The first-order chi connectivity index (χ1) is 13.2. The smallest absolute Gasteiger partial charge is 0.161 e. The predicted octanol–water partition coefficient (Wildman–Crippen LogP) is 4.43. The SMILES string of the molecule is COc1ccc([C@]2(C#Cc3ccccc3)C[C@H](N)C2)cc1OC1CCCC1. The van der Waals surface area contributed by atoms with Crippen molar-refractivity contribution in [1.29, 1.82) is 0 Å². The van der Waals surface area contributed by atoms with Crippen LogP contribution in [0.2, 0.25) is 0 Å². The van der Waals surface area contributed by atoms with Gasteiger partial charge >= 0.3 is 0 Å². The molecule has 2 N–H and O–H groups in total. The first-order valence-electron chi connectivity index (χ1n) is 9.87. The van der Waals surface area contributed by atoms with Crippen LogP contribution in [0.25, 0.3) is 0 Å². The van der Waals surface area contributed by atoms with Gasteiger partial charge in [-0.3, -0.25) is 0 Å². The topological polar surface area (TPSA) is 44.5 Å². The van der Waals surface area contributed by atoms with Gasteiger partial charge in [-0.1, -0.05) is 36.1 Å². The molecule has 0 unspecified atom stereocenters. The second-order valence-electron chi connectivity index (χ2n) is 7.76. The van der Waals surface area contributed by atoms with E-state index in [1.165, 1.54) is 18.4 Å². The van der Waals surface area contributed by atoms with Crippen LogP contribution in [0.4, 0.5) is 0 Å². The highest BCUT2D eigenvalue weighted by atomic mass is 16.5. The predicted molar refractivity (Wildman–Crippen MR) is 108 cm³/mol. The van der Waals surface area contributed by atoms with Gasteiger partial charge in [0, 0.05) is 11.6 Å². The highest BCUT2D eigenvalue weighted by Gasteiger charge is 2.43. The molecule has 0 heterocycles. The summed E-state index contributed by atoms with van der Waals surface area (Å²) in [5, 5.41) is 0. The highest BCUT2D eigenvalue weighted by Crippen LogP contribution is 2.45. The fraction of sp³-hybridized carbons (Fsp3) is 0.417. The molecule has 2 aliphatic carbocycles. The standard InChI is InChI=1S/C24H27NO2/c1-26-22-12-11-19(15-23(22)27-21-9-5-6-10-21)24(16-20(25)17-24)14-13-18-7-3-2-4-8-18/h2-4,7-8,11-12,15,20-21H,5-6,9-10,16-17,25H2,1H3/t20-,24+. The lowest BCUT2D eigenvalue weighted by atomic mass is 9.62. The fourth-order valence-electron chi connectivity index (χ4n) is 4.21. The number of ether oxygens (including phenoxy) is 2. The zero-order valence-corrected chi connectivity index (χ0v) is 15.9. The molecule has 2 aliphatic rings. The zero-order chi connectivity index (χ0) is 18.7. The van der Waals surface area contributed by atoms with E-state index in [1.54, 1.807) is 7.11 Å². The Morgan fingerprint density at radius 1 is 1.00 bits per heavy atom. The van der Waals surface area contributed by atoms with Crippen LogP contribution in [0.15, 0.2) is 48.5 Å². The van der Waals surface area contributed by atoms with Crippen LogP contribution < -0.4 is 15.2 Å². The van der Waals surface area contributed by atoms with Crippen LogP contribution in [0.1, 0.15) is 49.7 Å². The van der Waals surface area contributed by atoms with E-state index < -0.39 is 0 Å². The average Bonchev–Trinajstić information content (AvgIpc) is 3.18. The summed E-state index contributed by atoms with van der Waals surface area (Å²) >= 11 is 0. The molecule has 0 aliphatic heterocycles. The van der Waals surface area contributed by atoms with Crippen molar-refractivity contribution in [1.82, 2.24) is 0 Å². The van der Waals surface area contributed by atoms with Crippen molar-refractivity contribution in [2.24, 2.45) is 5.73 Å². The minimum absolute atomic E-state index is 0.199. The summed E-state index contributed by atoms with van der Waals surface area (Å²) in [5.41, 5.74) is 8.18. The molecular weight excluding hydrogens is 334 g/mol. The molecule has 2 aromatic rings. The Morgan fingerprint density at radius 3 is 2.41 bits per heavy atom. The van der Waals surface area contributed by atoms with Gasteiger partial charge in [0.1, 0.15) is 0 Å². The van der Waals surface area contributed by atoms with Crippen molar-refractivity contribution in [3.63, 3.8) is 0 Å². The molecule has 0 saturated heterocycles. The van der Waals surface area contributed by atoms with E-state index in [9.17, 15) is 0 Å². The van der Waals surface area contributed by atoms with Crippen molar-refractivity contribution in [3.8, 4) is 23.3 Å². The Labute approximate surface area is 161 Å². The lowest BCUT2D eigenvalue weighted by Gasteiger charge is -2.43. The van der Waals surface area contributed by atoms with Gasteiger partial charge in [0.25, 0.3) is 0 Å². The fourth-order valence-corrected chi connectivity index (χ4v) is 4.21. The van der Waals surface area contributed by atoms with E-state index >= 15 is 0 Å². The van der Waals surface area contributed by atoms with Crippen LogP contribution >= 0.6 is 0 Å². The molecule has 2 aromatic carbocycles. The lowest BCUT2D eigenvalue weighted by Crippen LogP contribution is -2.48. The third kappa shape index (κ3) is 3.82. The maximum absolute atomic E-state index is 6.29. The minimum Gasteiger partial charge on any atom is -0.493 e. The van der Waals surface area contributed by atoms with Crippen LogP contribution in [-0.2, 0) is 5.41 Å². The molecule has 0 spiro atoms. The summed E-state index contributed by atoms with van der Waals surface area (Å²) in [7, 11) is 1.70. The summed E-state index contributed by atoms with van der Waals surface area (Å²) in [6.07, 6.45) is 6.78. The first kappa shape index (κ1) is 17.9. The molecule has 0 radical (unpaired) electrons. The van der Waals surface area contributed by atoms with Crippen LogP contribution in [-0.4, -0.2) is 19.3 Å². The Hall–Kier alpha value is -2.44. The molecule has 3 nitrogen and oxygen atoms in total. The Balaban J connectivity index is 1.65. The molecular formula is C24H27NO2. The Kier molecular flexibility index (Phi) is 5.09. The average molecular weight is 361 g/mol. The van der Waals surface area contributed by atoms with Gasteiger partial charge in [-0.05, 0) is 68.4 Å². The number of nitrogens with two attached hydrogens (primary N) is 1. The van der Waals surface area contributed by atoms with E-state index in [-0.39, 0.29) is 11.5 Å². The molecule has 2 saturated carbocycles. The number of hydrogen-bond acceptors (Lipinski definition) is 3. The normalized spacial score (nSPS) is 24.6. The van der Waals surface area contributed by atoms with E-state index in [1.807, 2.05) is 36.4 Å². The summed E-state index contributed by atoms with van der Waals surface area (Å²) in [6.45, 7) is 0. The van der Waals surface area contributed by atoms with Crippen LogP contribution in [0, 0.1) is 11.8 Å². The van der Waals surface area contributed by atoms with E-state index in [0.29, 0.717) is 6.10 Å². The summed E-state index contributed by atoms with van der Waals surface area (Å²) in [5.74, 6) is 8.51. The zero-order valence-electron chi connectivity index (χ0n) is 15.9. The lowest BCUT2D eigenvalue weighted by molar-refractivity contribution is 0.199. The third-order valence-corrected chi connectivity index (χ3v) is 5.75. The minimum atomic E-state index is -0.199. The Bertz CT molecular complexity index is 838. The largest absolute Gasteiger partial charge is 0.493 e. The number of rotatable bonds is 4. The van der Waals surface area contributed by atoms with Gasteiger partial charge < -0.3 is 15.2 Å². The van der Waals surface area contributed by atoms with Crippen molar-refractivity contribution in [2.75, 3.05) is 7.11 Å². The molecule has 0 bridgehead atoms. The molecule has 0 atom stereocenters. The number of hydrogen-bond donors (Lipinski definition) is 1. The quantitative estimate of drug-likeness (QED) is 0.820. The van der Waals surface area contributed by atoms with Crippen molar-refractivity contribution >= 4 is 0 Å². The van der Waals surface area contributed by atoms with Crippen LogP contribution in [0.3, 0.4) is 0 Å². The molecule has 27 heavy (non-hydrogen) atoms. The highest BCUT2D eigenvalue weighted by molar-refractivity contribution is 5.51. The van der Waals surface area contributed by atoms with Crippen molar-refractivity contribution in [3.05, 3.63) is 59.7 Å². The summed E-state index contributed by atoms with van der Waals surface area (Å²) < 4.78 is 11.8. The second-order valence-corrected chi connectivity index (χ2v) is 7.76. The summed E-state index contributed by atoms with van der Waals surface area (Å²) in [6, 6.07) is 16.6. The van der Waals surface area contributed by atoms with Crippen molar-refractivity contribution in [2.45, 2.75) is 56.1 Å². The maximum Gasteiger partial charge on any atom is 0.161 e. The molecule has 140 valence electrons. The van der Waals surface area contributed by atoms with Gasteiger partial charge in [0.2, 0.25) is 0 Å². The van der Waals surface area contributed by atoms with E-state index in [4.69, 9.17) is 15.2 Å². The summed E-state index contributed by atoms with van der Waals surface area (Å²) in [4.78, 5) is 0. The number of benzene rings is 2. The maximum atomic E-state index is 6.29. The third-order valence-electron chi connectivity index (χ3n) is 5.75.